The summed E-state index contributed by atoms with van der Waals surface area (Å²) in [5.74, 6) is 0.787. The second kappa shape index (κ2) is 12.7. The van der Waals surface area contributed by atoms with Crippen LogP contribution in [0.5, 0.6) is 11.5 Å². The Balaban J connectivity index is 1.42. The molecule has 2 aromatic carbocycles. The average Bonchev–Trinajstić information content (AvgIpc) is 3.55. The highest BCUT2D eigenvalue weighted by Gasteiger charge is 2.28. The van der Waals surface area contributed by atoms with Crippen LogP contribution in [0, 0.1) is 6.92 Å². The molecule has 2 aromatic rings. The molecule has 11 heteroatoms. The molecule has 1 N–H and O–H groups in total. The van der Waals surface area contributed by atoms with Gasteiger partial charge in [0, 0.05) is 51.5 Å². The molecule has 0 unspecified atom stereocenters. The van der Waals surface area contributed by atoms with Crippen molar-refractivity contribution in [3.05, 3.63) is 53.1 Å². The number of hydrogen-bond acceptors (Lipinski definition) is 8. The largest absolute Gasteiger partial charge is 0.454 e. The lowest BCUT2D eigenvalue weighted by Gasteiger charge is -2.32. The molecule has 11 nitrogen and oxygen atoms in total. The molecule has 2 aliphatic rings. The summed E-state index contributed by atoms with van der Waals surface area (Å²) in [4.78, 5) is 42.4. The van der Waals surface area contributed by atoms with Gasteiger partial charge in [-0.1, -0.05) is 24.3 Å². The van der Waals surface area contributed by atoms with Gasteiger partial charge in [0.15, 0.2) is 11.5 Å². The summed E-state index contributed by atoms with van der Waals surface area (Å²) in [5.41, 5.74) is 3.35. The van der Waals surface area contributed by atoms with Gasteiger partial charge in [-0.05, 0) is 57.4 Å². The van der Waals surface area contributed by atoms with E-state index in [0.29, 0.717) is 43.4 Å². The third-order valence-electron chi connectivity index (χ3n) is 7.04. The van der Waals surface area contributed by atoms with Gasteiger partial charge < -0.3 is 29.3 Å². The van der Waals surface area contributed by atoms with E-state index in [1.54, 1.807) is 17.0 Å². The van der Waals surface area contributed by atoms with Crippen LogP contribution < -0.4 is 19.7 Å². The van der Waals surface area contributed by atoms with Crippen LogP contribution in [-0.2, 0) is 27.4 Å². The van der Waals surface area contributed by atoms with Gasteiger partial charge in [0.05, 0.1) is 13.1 Å². The number of hydrogen-bond donors (Lipinski definition) is 1. The van der Waals surface area contributed by atoms with Gasteiger partial charge in [0.1, 0.15) is 5.60 Å². The summed E-state index contributed by atoms with van der Waals surface area (Å²) in [7, 11) is 1.76. The second-order valence-corrected chi connectivity index (χ2v) is 11.3. The van der Waals surface area contributed by atoms with Crippen LogP contribution >= 0.6 is 0 Å². The average molecular weight is 568 g/mol. The Bertz CT molecular complexity index is 1250. The van der Waals surface area contributed by atoms with Crippen molar-refractivity contribution in [3.63, 3.8) is 0 Å². The maximum atomic E-state index is 13.5. The van der Waals surface area contributed by atoms with Crippen LogP contribution in [0.4, 0.5) is 10.5 Å². The summed E-state index contributed by atoms with van der Waals surface area (Å²) >= 11 is 0. The minimum absolute atomic E-state index is 0.0176. The van der Waals surface area contributed by atoms with Crippen LogP contribution in [0.2, 0.25) is 0 Å². The van der Waals surface area contributed by atoms with Crippen molar-refractivity contribution < 1.29 is 28.6 Å². The number of ether oxygens (including phenoxy) is 3. The zero-order chi connectivity index (χ0) is 29.7. The van der Waals surface area contributed by atoms with Gasteiger partial charge >= 0.3 is 6.09 Å². The molecular formula is C30H41N5O6. The lowest BCUT2D eigenvalue weighted by molar-refractivity contribution is -0.145. The Hall–Kier alpha value is -3.99. The molecule has 0 atom stereocenters. The maximum Gasteiger partial charge on any atom is 0.410 e. The Morgan fingerprint density at radius 1 is 1.02 bits per heavy atom. The number of likely N-dealkylation sites (N-methyl/N-ethyl adjacent to an activating group) is 2. The standard InChI is InChI=1S/C30H41N5O6/c1-7-33(29(38)41-30(3,4)5)13-12-31-27(36)18-34(24-15-26-25(14-21(24)2)39-20-40-26)19-28(37)32(6)35-16-22-10-8-9-11-23(22)17-35/h8-11,14-15H,7,12-13,16-20H2,1-6H3,(H,31,36). The Morgan fingerprint density at radius 2 is 1.66 bits per heavy atom. The van der Waals surface area contributed by atoms with Crippen molar-refractivity contribution in [2.75, 3.05) is 51.5 Å². The molecule has 2 heterocycles. The molecule has 41 heavy (non-hydrogen) atoms. The summed E-state index contributed by atoms with van der Waals surface area (Å²) in [6.07, 6.45) is -0.426. The Labute approximate surface area is 241 Å². The van der Waals surface area contributed by atoms with Crippen LogP contribution in [0.15, 0.2) is 36.4 Å². The fourth-order valence-corrected chi connectivity index (χ4v) is 4.81. The van der Waals surface area contributed by atoms with Gasteiger partial charge in [-0.3, -0.25) is 14.6 Å². The number of carbonyl (C=O) groups excluding carboxylic acids is 3. The Kier molecular flexibility index (Phi) is 9.27. The van der Waals surface area contributed by atoms with Crippen LogP contribution in [0.25, 0.3) is 0 Å². The number of nitrogens with zero attached hydrogens (tertiary/aromatic N) is 4. The van der Waals surface area contributed by atoms with E-state index in [2.05, 4.69) is 17.4 Å². The van der Waals surface area contributed by atoms with E-state index in [1.165, 1.54) is 16.0 Å². The highest BCUT2D eigenvalue weighted by molar-refractivity contribution is 5.87. The maximum absolute atomic E-state index is 13.5. The fourth-order valence-electron chi connectivity index (χ4n) is 4.81. The van der Waals surface area contributed by atoms with Crippen molar-refractivity contribution in [2.24, 2.45) is 0 Å². The molecule has 4 rings (SSSR count). The number of amides is 3. The molecule has 0 aromatic heterocycles. The van der Waals surface area contributed by atoms with E-state index in [-0.39, 0.29) is 38.2 Å². The zero-order valence-corrected chi connectivity index (χ0v) is 24.9. The highest BCUT2D eigenvalue weighted by atomic mass is 16.7. The minimum atomic E-state index is -0.603. The summed E-state index contributed by atoms with van der Waals surface area (Å²) in [6, 6.07) is 11.8. The van der Waals surface area contributed by atoms with Crippen molar-refractivity contribution in [1.82, 2.24) is 20.2 Å². The van der Waals surface area contributed by atoms with Gasteiger partial charge in [0.25, 0.3) is 5.91 Å². The van der Waals surface area contributed by atoms with Gasteiger partial charge in [-0.2, -0.15) is 0 Å². The number of aryl methyl sites for hydroxylation is 1. The number of fused-ring (bicyclic) bond motifs is 2. The number of benzene rings is 2. The molecule has 0 bridgehead atoms. The molecule has 3 amide bonds. The van der Waals surface area contributed by atoms with Crippen LogP contribution in [0.1, 0.15) is 44.4 Å². The third kappa shape index (κ3) is 7.60. The third-order valence-corrected chi connectivity index (χ3v) is 7.04. The second-order valence-electron chi connectivity index (χ2n) is 11.3. The molecular weight excluding hydrogens is 526 g/mol. The van der Waals surface area contributed by atoms with Gasteiger partial charge in [0.2, 0.25) is 12.7 Å². The summed E-state index contributed by atoms with van der Waals surface area (Å²) in [5, 5.41) is 6.51. The van der Waals surface area contributed by atoms with Crippen molar-refractivity contribution in [1.29, 1.82) is 0 Å². The minimum Gasteiger partial charge on any atom is -0.454 e. The first kappa shape index (κ1) is 30.0. The van der Waals surface area contributed by atoms with Crippen LogP contribution in [0.3, 0.4) is 0 Å². The van der Waals surface area contributed by atoms with Crippen molar-refractivity contribution >= 4 is 23.6 Å². The van der Waals surface area contributed by atoms with Gasteiger partial charge in [-0.15, -0.1) is 0 Å². The highest BCUT2D eigenvalue weighted by Crippen LogP contribution is 2.38. The molecule has 0 fully saturated rings. The molecule has 0 radical (unpaired) electrons. The number of nitrogens with one attached hydrogen (secondary N) is 1. The molecule has 0 aliphatic carbocycles. The lowest BCUT2D eigenvalue weighted by atomic mass is 10.1. The van der Waals surface area contributed by atoms with E-state index < -0.39 is 11.7 Å². The molecule has 222 valence electrons. The predicted octanol–water partition coefficient (Wildman–Crippen LogP) is 3.29. The topological polar surface area (TPSA) is 104 Å². The fraction of sp³-hybridized carbons (Fsp3) is 0.500. The van der Waals surface area contributed by atoms with Gasteiger partial charge in [-0.25, -0.2) is 9.80 Å². The van der Waals surface area contributed by atoms with Crippen LogP contribution in [-0.4, -0.2) is 85.0 Å². The normalized spacial score (nSPS) is 13.9. The zero-order valence-electron chi connectivity index (χ0n) is 24.9. The van der Waals surface area contributed by atoms with E-state index >= 15 is 0 Å². The summed E-state index contributed by atoms with van der Waals surface area (Å²) < 4.78 is 16.5. The van der Waals surface area contributed by atoms with Crippen molar-refractivity contribution in [2.45, 2.75) is 53.3 Å². The smallest absolute Gasteiger partial charge is 0.410 e. The number of carbonyl (C=O) groups is 3. The predicted molar refractivity (Wildman–Crippen MR) is 154 cm³/mol. The quantitative estimate of drug-likeness (QED) is 0.467. The number of anilines is 1. The van der Waals surface area contributed by atoms with E-state index in [0.717, 1.165) is 5.56 Å². The monoisotopic (exact) mass is 567 g/mol. The molecule has 0 saturated heterocycles. The SMILES string of the molecule is CCN(CCNC(=O)CN(CC(=O)N(C)N1Cc2ccccc2C1)c1cc2c(cc1C)OCO2)C(=O)OC(C)(C)C. The molecule has 2 aliphatic heterocycles. The molecule has 0 spiro atoms. The Morgan fingerprint density at radius 3 is 2.27 bits per heavy atom. The van der Waals surface area contributed by atoms with E-state index in [4.69, 9.17) is 14.2 Å². The number of hydrazine groups is 1. The van der Waals surface area contributed by atoms with E-state index in [9.17, 15) is 14.4 Å². The first-order valence-electron chi connectivity index (χ1n) is 13.9. The number of rotatable bonds is 10. The first-order valence-corrected chi connectivity index (χ1v) is 13.9. The van der Waals surface area contributed by atoms with E-state index in [1.807, 2.05) is 63.9 Å². The summed E-state index contributed by atoms with van der Waals surface area (Å²) in [6.45, 7) is 11.6. The molecule has 0 saturated carbocycles. The van der Waals surface area contributed by atoms with Crippen molar-refractivity contribution in [3.8, 4) is 11.5 Å². The lowest BCUT2D eigenvalue weighted by Crippen LogP contribution is -2.48. The first-order chi connectivity index (χ1) is 19.4.